The zero-order valence-corrected chi connectivity index (χ0v) is 20.5. The number of fused-ring (bicyclic) bond motifs is 3. The summed E-state index contributed by atoms with van der Waals surface area (Å²) in [6.07, 6.45) is 3.38. The molecule has 0 saturated carbocycles. The predicted octanol–water partition coefficient (Wildman–Crippen LogP) is 8.08. The van der Waals surface area contributed by atoms with Crippen LogP contribution in [0.25, 0.3) is 50.5 Å². The van der Waals surface area contributed by atoms with Gasteiger partial charge in [0.1, 0.15) is 11.6 Å². The normalized spacial score (nSPS) is 12.5. The third-order valence-corrected chi connectivity index (χ3v) is 6.91. The lowest BCUT2D eigenvalue weighted by Gasteiger charge is -2.19. The third-order valence-electron chi connectivity index (χ3n) is 6.91. The second-order valence-corrected chi connectivity index (χ2v) is 9.16. The number of nitrogens with zero attached hydrogens (tertiary/aromatic N) is 2. The smallest absolute Gasteiger partial charge is 0.180 e. The number of nitrogens with one attached hydrogen (secondary N) is 2. The molecule has 0 fully saturated rings. The molecule has 192 valence electrons. The van der Waals surface area contributed by atoms with E-state index < -0.39 is 34.4 Å². The molecule has 6 rings (SSSR count). The molecule has 4 aromatic carbocycles. The number of hydrogen-bond donors (Lipinski definition) is 2. The lowest BCUT2D eigenvalue weighted by Crippen LogP contribution is -2.17. The summed E-state index contributed by atoms with van der Waals surface area (Å²) in [6.45, 7) is 0. The maximum Gasteiger partial charge on any atom is 0.180 e. The Hall–Kier alpha value is -5.42. The first-order valence-corrected chi connectivity index (χ1v) is 12.1. The van der Waals surface area contributed by atoms with Crippen LogP contribution >= 0.6 is 0 Å². The van der Waals surface area contributed by atoms with Crippen LogP contribution < -0.4 is 0 Å². The number of para-hydroxylation sites is 1. The van der Waals surface area contributed by atoms with Crippen molar-refractivity contribution in [1.82, 2.24) is 4.98 Å². The molecule has 8 heteroatoms. The Bertz CT molecular complexity index is 1940. The van der Waals surface area contributed by atoms with Gasteiger partial charge in [0.25, 0.3) is 0 Å². The molecular formula is C32H16F4N4. The topological polar surface area (TPSA) is 84.4 Å². The van der Waals surface area contributed by atoms with Crippen LogP contribution in [0, 0.1) is 45.4 Å². The van der Waals surface area contributed by atoms with Crippen molar-refractivity contribution in [3.63, 3.8) is 0 Å². The Labute approximate surface area is 225 Å². The van der Waals surface area contributed by atoms with Gasteiger partial charge in [-0.05, 0) is 34.9 Å². The molecule has 1 aliphatic rings. The van der Waals surface area contributed by atoms with Gasteiger partial charge < -0.3 is 0 Å². The average Bonchev–Trinajstić information content (AvgIpc) is 2.98. The van der Waals surface area contributed by atoms with Gasteiger partial charge >= 0.3 is 0 Å². The molecule has 0 radical (unpaired) electrons. The van der Waals surface area contributed by atoms with Crippen molar-refractivity contribution in [2.45, 2.75) is 0 Å². The van der Waals surface area contributed by atoms with Crippen molar-refractivity contribution >= 4 is 28.4 Å². The van der Waals surface area contributed by atoms with Crippen LogP contribution in [-0.4, -0.2) is 16.4 Å². The van der Waals surface area contributed by atoms with E-state index in [1.54, 1.807) is 24.3 Å². The highest BCUT2D eigenvalue weighted by Crippen LogP contribution is 2.36. The highest BCUT2D eigenvalue weighted by molar-refractivity contribution is 6.54. The molecular weight excluding hydrogens is 516 g/mol. The van der Waals surface area contributed by atoms with Gasteiger partial charge in [0.2, 0.25) is 0 Å². The third kappa shape index (κ3) is 3.79. The minimum absolute atomic E-state index is 0.0792. The minimum atomic E-state index is -1.73. The summed E-state index contributed by atoms with van der Waals surface area (Å²) < 4.78 is 57.2. The fourth-order valence-electron chi connectivity index (χ4n) is 4.90. The van der Waals surface area contributed by atoms with Crippen LogP contribution in [0.15, 0.2) is 78.9 Å². The number of rotatable bonds is 3. The number of aromatic nitrogens is 1. The standard InChI is InChI=1S/C32H16F4N4/c33-27-22(15-37)28(34)30(36)25(29(27)35)18-9-5-16(6-10-18)17-7-11-19(12-8-17)32-21-13-14-23(38)31(39)26(21)20-3-1-2-4-24(20)40-32/h1-14,38-39H. The number of nitriles is 1. The van der Waals surface area contributed by atoms with Gasteiger partial charge in [0.05, 0.1) is 28.2 Å². The largest absolute Gasteiger partial charge is 0.299 e. The molecule has 1 aliphatic carbocycles. The Morgan fingerprint density at radius 1 is 0.625 bits per heavy atom. The van der Waals surface area contributed by atoms with E-state index in [-0.39, 0.29) is 17.0 Å². The molecule has 4 nitrogen and oxygen atoms in total. The van der Waals surface area contributed by atoms with Gasteiger partial charge in [-0.2, -0.15) is 5.26 Å². The Balaban J connectivity index is 1.38. The molecule has 40 heavy (non-hydrogen) atoms. The summed E-state index contributed by atoms with van der Waals surface area (Å²) in [4.78, 5) is 4.84. The molecule has 0 aliphatic heterocycles. The average molecular weight is 533 g/mol. The SMILES string of the molecule is N#Cc1c(F)c(F)c(-c2ccc(-c3ccc(-c4nc5ccccc5c5c4C=CC(=N)C5=N)cc3)cc2)c(F)c1F. The monoisotopic (exact) mass is 532 g/mol. The van der Waals surface area contributed by atoms with Crippen molar-refractivity contribution in [2.24, 2.45) is 0 Å². The maximum atomic E-state index is 14.5. The molecule has 0 amide bonds. The van der Waals surface area contributed by atoms with Crippen LogP contribution in [0.5, 0.6) is 0 Å². The Morgan fingerprint density at radius 2 is 1.18 bits per heavy atom. The van der Waals surface area contributed by atoms with E-state index >= 15 is 0 Å². The zero-order chi connectivity index (χ0) is 28.1. The van der Waals surface area contributed by atoms with Crippen LogP contribution in [0.1, 0.15) is 16.7 Å². The highest BCUT2D eigenvalue weighted by atomic mass is 19.2. The lowest BCUT2D eigenvalue weighted by atomic mass is 9.88. The van der Waals surface area contributed by atoms with Gasteiger partial charge in [-0.1, -0.05) is 66.7 Å². The molecule has 0 bridgehead atoms. The zero-order valence-electron chi connectivity index (χ0n) is 20.5. The predicted molar refractivity (Wildman–Crippen MR) is 146 cm³/mol. The van der Waals surface area contributed by atoms with E-state index in [1.165, 1.54) is 12.1 Å². The lowest BCUT2D eigenvalue weighted by molar-refractivity contribution is 0.454. The summed E-state index contributed by atoms with van der Waals surface area (Å²) in [6, 6.07) is 21.9. The number of allylic oxidation sites excluding steroid dienone is 1. The summed E-state index contributed by atoms with van der Waals surface area (Å²) in [5, 5.41) is 26.2. The first-order chi connectivity index (χ1) is 19.3. The fraction of sp³-hybridized carbons (Fsp3) is 0. The van der Waals surface area contributed by atoms with Gasteiger partial charge in [-0.3, -0.25) is 10.8 Å². The quantitative estimate of drug-likeness (QED) is 0.182. The summed E-state index contributed by atoms with van der Waals surface area (Å²) in [5.74, 6) is -6.73. The van der Waals surface area contributed by atoms with Crippen LogP contribution in [-0.2, 0) is 0 Å². The number of halogens is 4. The van der Waals surface area contributed by atoms with Crippen molar-refractivity contribution in [3.05, 3.63) is 119 Å². The molecule has 0 unspecified atom stereocenters. The number of hydrogen-bond acceptors (Lipinski definition) is 4. The second-order valence-electron chi connectivity index (χ2n) is 9.16. The van der Waals surface area contributed by atoms with E-state index in [1.807, 2.05) is 48.5 Å². The molecule has 0 saturated heterocycles. The maximum absolute atomic E-state index is 14.5. The Kier molecular flexibility index (Phi) is 5.85. The van der Waals surface area contributed by atoms with E-state index in [0.717, 1.165) is 28.1 Å². The summed E-state index contributed by atoms with van der Waals surface area (Å²) in [7, 11) is 0. The van der Waals surface area contributed by atoms with Crippen molar-refractivity contribution in [1.29, 1.82) is 16.1 Å². The molecule has 0 atom stereocenters. The van der Waals surface area contributed by atoms with Crippen LogP contribution in [0.2, 0.25) is 0 Å². The fourth-order valence-corrected chi connectivity index (χ4v) is 4.90. The van der Waals surface area contributed by atoms with Gasteiger partial charge in [0, 0.05) is 22.1 Å². The molecule has 1 heterocycles. The summed E-state index contributed by atoms with van der Waals surface area (Å²) >= 11 is 0. The molecule has 5 aromatic rings. The highest BCUT2D eigenvalue weighted by Gasteiger charge is 2.26. The number of benzene rings is 4. The second kappa shape index (κ2) is 9.40. The van der Waals surface area contributed by atoms with Gasteiger partial charge in [-0.15, -0.1) is 0 Å². The van der Waals surface area contributed by atoms with Gasteiger partial charge in [-0.25, -0.2) is 22.5 Å². The van der Waals surface area contributed by atoms with E-state index in [2.05, 4.69) is 0 Å². The van der Waals surface area contributed by atoms with E-state index in [0.29, 0.717) is 22.3 Å². The van der Waals surface area contributed by atoms with Gasteiger partial charge in [0.15, 0.2) is 23.3 Å². The molecule has 0 spiro atoms. The first-order valence-electron chi connectivity index (χ1n) is 12.1. The van der Waals surface area contributed by atoms with Crippen LogP contribution in [0.4, 0.5) is 17.6 Å². The van der Waals surface area contributed by atoms with E-state index in [9.17, 15) is 17.6 Å². The van der Waals surface area contributed by atoms with E-state index in [4.69, 9.17) is 21.1 Å². The van der Waals surface area contributed by atoms with Crippen molar-refractivity contribution < 1.29 is 17.6 Å². The van der Waals surface area contributed by atoms with Crippen LogP contribution in [0.3, 0.4) is 0 Å². The number of pyridine rings is 1. The first kappa shape index (κ1) is 24.9. The van der Waals surface area contributed by atoms with Crippen molar-refractivity contribution in [2.75, 3.05) is 0 Å². The summed E-state index contributed by atoms with van der Waals surface area (Å²) in [5.41, 5.74) is 3.03. The Morgan fingerprint density at radius 3 is 1.77 bits per heavy atom. The van der Waals surface area contributed by atoms with Crippen molar-refractivity contribution in [3.8, 4) is 39.6 Å². The molecule has 1 aromatic heterocycles. The minimum Gasteiger partial charge on any atom is -0.299 e. The molecule has 2 N–H and O–H groups in total.